The van der Waals surface area contributed by atoms with Gasteiger partial charge in [-0.2, -0.15) is 11.8 Å². The van der Waals surface area contributed by atoms with Gasteiger partial charge in [-0.1, -0.05) is 86.3 Å². The van der Waals surface area contributed by atoms with Crippen LogP contribution >= 0.6 is 19.7 Å². The van der Waals surface area contributed by atoms with Gasteiger partial charge in [0.05, 0.1) is 12.7 Å². The van der Waals surface area contributed by atoms with Crippen LogP contribution in [-0.4, -0.2) is 109 Å². The van der Waals surface area contributed by atoms with Crippen molar-refractivity contribution >= 4 is 65.4 Å². The molecule has 2 heterocycles. The maximum atomic E-state index is 12.8. The minimum atomic E-state index is -1.06. The number of anilines is 1. The van der Waals surface area contributed by atoms with E-state index in [2.05, 4.69) is 60.6 Å². The van der Waals surface area contributed by atoms with Gasteiger partial charge in [-0.25, -0.2) is 4.79 Å². The molecular formula is C55H80N11O5PS. The Kier molecular flexibility index (Phi) is 33.6. The number of nitrogens with zero attached hydrogens (tertiary/aromatic N) is 4. The second-order valence-corrected chi connectivity index (χ2v) is 20.4. The van der Waals surface area contributed by atoms with Crippen molar-refractivity contribution in [3.63, 3.8) is 0 Å². The average Bonchev–Trinajstić information content (AvgIpc) is 3.99. The van der Waals surface area contributed by atoms with Crippen LogP contribution in [0.2, 0.25) is 0 Å². The fourth-order valence-electron chi connectivity index (χ4n) is 7.30. The van der Waals surface area contributed by atoms with Gasteiger partial charge < -0.3 is 48.4 Å². The number of aldehydes is 1. The number of carbonyl (C=O) groups is 4. The number of aromatic nitrogens is 4. The number of unbranched alkanes of at least 4 members (excludes halogenated alkanes) is 9. The summed E-state index contributed by atoms with van der Waals surface area (Å²) in [5.41, 5.74) is 24.6. The molecule has 0 spiro atoms. The van der Waals surface area contributed by atoms with Gasteiger partial charge in [0.25, 0.3) is 5.91 Å². The molecule has 0 radical (unpaired) electrons. The van der Waals surface area contributed by atoms with Gasteiger partial charge >= 0.3 is 5.97 Å². The predicted octanol–water partition coefficient (Wildman–Crippen LogP) is 6.25. The third kappa shape index (κ3) is 25.2. The summed E-state index contributed by atoms with van der Waals surface area (Å²) in [6, 6.07) is 33.3. The smallest absolute Gasteiger partial charge is 0.338 e. The number of amides is 2. The Bertz CT molecular complexity index is 2190. The number of benzene rings is 4. The van der Waals surface area contributed by atoms with Gasteiger partial charge in [0.2, 0.25) is 11.7 Å². The lowest BCUT2D eigenvalue weighted by atomic mass is 10.1. The van der Waals surface area contributed by atoms with Crippen molar-refractivity contribution in [2.45, 2.75) is 89.9 Å². The number of nitrogens with one attached hydrogen (secondary N) is 3. The van der Waals surface area contributed by atoms with E-state index >= 15 is 0 Å². The quantitative estimate of drug-likeness (QED) is 0.0126. The van der Waals surface area contributed by atoms with Crippen LogP contribution in [-0.2, 0) is 14.3 Å². The first kappa shape index (κ1) is 61.6. The number of hydrogen-bond donors (Lipinski definition) is 7. The van der Waals surface area contributed by atoms with E-state index in [1.165, 1.54) is 13.4 Å². The third-order valence-corrected chi connectivity index (χ3v) is 15.0. The summed E-state index contributed by atoms with van der Waals surface area (Å²) in [6.45, 7) is 5.32. The Morgan fingerprint density at radius 1 is 0.671 bits per heavy atom. The van der Waals surface area contributed by atoms with Crippen LogP contribution in [0.3, 0.4) is 0 Å². The molecule has 4 aromatic carbocycles. The van der Waals surface area contributed by atoms with Crippen molar-refractivity contribution in [1.82, 2.24) is 31.0 Å². The lowest BCUT2D eigenvalue weighted by Gasteiger charge is -2.22. The van der Waals surface area contributed by atoms with Crippen molar-refractivity contribution in [2.24, 2.45) is 28.9 Å². The minimum Gasteiger partial charge on any atom is -0.465 e. The van der Waals surface area contributed by atoms with E-state index in [1.54, 1.807) is 12.1 Å². The number of methoxy groups -OCH3 is 1. The topological polar surface area (TPSA) is 269 Å². The summed E-state index contributed by atoms with van der Waals surface area (Å²) in [5, 5.41) is 27.6. The lowest BCUT2D eigenvalue weighted by molar-refractivity contribution is -0.124. The fraction of sp³-hybridized carbons (Fsp3) is 0.455. The van der Waals surface area contributed by atoms with E-state index < -0.39 is 13.9 Å². The van der Waals surface area contributed by atoms with Crippen molar-refractivity contribution in [1.29, 1.82) is 0 Å². The summed E-state index contributed by atoms with van der Waals surface area (Å²) >= 11 is 1.88. The van der Waals surface area contributed by atoms with E-state index in [-0.39, 0.29) is 17.7 Å². The van der Waals surface area contributed by atoms with Gasteiger partial charge in [0.1, 0.15) is 6.29 Å². The average molecular weight is 1040 g/mol. The molecule has 1 saturated heterocycles. The summed E-state index contributed by atoms with van der Waals surface area (Å²) < 4.78 is 5.06. The molecular weight excluding hydrogens is 958 g/mol. The van der Waals surface area contributed by atoms with Gasteiger partial charge in [0.15, 0.2) is 6.33 Å². The SMILES string of the molecule is COC(=O)c1ccc(C(=O)NCCCCCN)cc1P(c1ccccc1)c1ccccc1.NCCCCCC=O.NCCCCCNC(=O)C1CCSC1.NCCCCCNc1ccc(-c2nncnn2)cc1. The fourth-order valence-corrected chi connectivity index (χ4v) is 11.0. The van der Waals surface area contributed by atoms with Crippen LogP contribution in [0, 0.1) is 5.92 Å². The normalized spacial score (nSPS) is 12.4. The molecule has 1 aliphatic heterocycles. The molecule has 1 aliphatic rings. The van der Waals surface area contributed by atoms with Crippen LogP contribution in [0.15, 0.2) is 109 Å². The van der Waals surface area contributed by atoms with Gasteiger partial charge in [-0.15, -0.1) is 20.4 Å². The number of hydrogen-bond acceptors (Lipinski definition) is 15. The molecule has 0 saturated carbocycles. The highest BCUT2D eigenvalue weighted by atomic mass is 32.2. The molecule has 11 N–H and O–H groups in total. The molecule has 16 nitrogen and oxygen atoms in total. The van der Waals surface area contributed by atoms with Crippen LogP contribution < -0.4 is 54.8 Å². The Morgan fingerprint density at radius 3 is 1.74 bits per heavy atom. The van der Waals surface area contributed by atoms with Crippen LogP contribution in [0.5, 0.6) is 0 Å². The molecule has 1 fully saturated rings. The number of esters is 1. The first-order chi connectivity index (χ1) is 35.8. The Balaban J connectivity index is 0.000000290. The zero-order chi connectivity index (χ0) is 52.6. The molecule has 1 unspecified atom stereocenters. The largest absolute Gasteiger partial charge is 0.465 e. The summed E-state index contributed by atoms with van der Waals surface area (Å²) in [6.07, 6.45) is 16.6. The Labute approximate surface area is 438 Å². The Hall–Kier alpha value is -5.68. The molecule has 18 heteroatoms. The monoisotopic (exact) mass is 1040 g/mol. The van der Waals surface area contributed by atoms with Crippen LogP contribution in [0.25, 0.3) is 11.4 Å². The van der Waals surface area contributed by atoms with Gasteiger partial charge in [-0.3, -0.25) is 9.59 Å². The molecule has 1 atom stereocenters. The number of ether oxygens (including phenoxy) is 1. The highest BCUT2D eigenvalue weighted by molar-refractivity contribution is 7.99. The number of thioether (sulfide) groups is 1. The second kappa shape index (κ2) is 39.8. The van der Waals surface area contributed by atoms with E-state index in [4.69, 9.17) is 27.7 Å². The van der Waals surface area contributed by atoms with E-state index in [0.29, 0.717) is 36.5 Å². The van der Waals surface area contributed by atoms with E-state index in [9.17, 15) is 19.2 Å². The summed E-state index contributed by atoms with van der Waals surface area (Å²) in [7, 11) is 0.315. The highest BCUT2D eigenvalue weighted by Crippen LogP contribution is 2.35. The first-order valence-electron chi connectivity index (χ1n) is 25.7. The van der Waals surface area contributed by atoms with Crippen molar-refractivity contribution in [2.75, 3.05) is 69.7 Å². The molecule has 1 aromatic heterocycles. The molecule has 396 valence electrons. The maximum absolute atomic E-state index is 12.8. The van der Waals surface area contributed by atoms with Crippen molar-refractivity contribution < 1.29 is 23.9 Å². The second-order valence-electron chi connectivity index (χ2n) is 17.1. The van der Waals surface area contributed by atoms with Gasteiger partial charge in [-0.05, 0) is 151 Å². The minimum absolute atomic E-state index is 0.147. The number of nitrogens with two attached hydrogens (primary N) is 4. The summed E-state index contributed by atoms with van der Waals surface area (Å²) in [5.74, 6) is 2.66. The zero-order valence-electron chi connectivity index (χ0n) is 42.8. The summed E-state index contributed by atoms with van der Waals surface area (Å²) in [4.78, 5) is 46.7. The number of rotatable bonds is 28. The predicted molar refractivity (Wildman–Crippen MR) is 301 cm³/mol. The highest BCUT2D eigenvalue weighted by Gasteiger charge is 2.25. The van der Waals surface area contributed by atoms with Crippen molar-refractivity contribution in [3.8, 4) is 11.4 Å². The van der Waals surface area contributed by atoms with E-state index in [1.807, 2.05) is 78.5 Å². The molecule has 6 rings (SSSR count). The first-order valence-corrected chi connectivity index (χ1v) is 28.2. The molecule has 0 aliphatic carbocycles. The standard InChI is InChI=1S/C26H29N2O3P.C13H18N6.C10H20N2OS.C6H13NO/c1-31-26(30)23-16-15-20(25(29)28-18-10-4-9-17-27)19-24(23)32(21-11-5-2-6-12-21)22-13-7-3-8-14-22;14-8-2-1-3-9-15-12-6-4-11(5-7-12)13-18-16-10-17-19-13;11-5-2-1-3-6-12-10(13)9-4-7-14-8-9;7-5-3-1-2-4-6-8/h2-3,5-8,11-16,19H,4,9-10,17-18,27H2,1H3,(H,28,29);4-7,10,15H,1-3,8-9,14H2;9H,1-8,11H2,(H,12,13);6H,1-5,7H2. The molecule has 5 aromatic rings. The van der Waals surface area contributed by atoms with Crippen LogP contribution in [0.4, 0.5) is 5.69 Å². The van der Waals surface area contributed by atoms with Crippen LogP contribution in [0.1, 0.15) is 111 Å². The van der Waals surface area contributed by atoms with Gasteiger partial charge in [0, 0.05) is 59.8 Å². The van der Waals surface area contributed by atoms with E-state index in [0.717, 1.165) is 161 Å². The number of carbonyl (C=O) groups excluding carboxylic acids is 4. The molecule has 73 heavy (non-hydrogen) atoms. The zero-order valence-corrected chi connectivity index (χ0v) is 44.5. The lowest BCUT2D eigenvalue weighted by Crippen LogP contribution is -2.31. The maximum Gasteiger partial charge on any atom is 0.338 e. The third-order valence-electron chi connectivity index (χ3n) is 11.4. The molecule has 2 amide bonds. The Morgan fingerprint density at radius 2 is 1.22 bits per heavy atom. The van der Waals surface area contributed by atoms with Crippen molar-refractivity contribution in [3.05, 3.63) is 121 Å². The molecule has 0 bridgehead atoms.